The quantitative estimate of drug-likeness (QED) is 0.542. The topological polar surface area (TPSA) is 61.8 Å². The Morgan fingerprint density at radius 3 is 2.25 bits per heavy atom. The van der Waals surface area contributed by atoms with E-state index in [4.69, 9.17) is 4.99 Å². The average molecular weight is 432 g/mol. The molecule has 5 nitrogen and oxygen atoms in total. The smallest absolute Gasteiger partial charge is 0.255 e. The van der Waals surface area contributed by atoms with Crippen LogP contribution in [0.5, 0.6) is 0 Å². The standard InChI is InChI=1S/C27H33N3O2/c1-5-7-15-30(16-8-6-2)20-13-14-24(19(3)17-20)29-25-18-23(27(32)28-4)26(31)22-12-10-9-11-21(22)25/h9-14,17-18H,5-8,15-16H2,1-4H3,(H,28,32). The Morgan fingerprint density at radius 1 is 1.00 bits per heavy atom. The molecule has 2 aromatic rings. The van der Waals surface area contributed by atoms with Crippen molar-refractivity contribution in [2.24, 2.45) is 4.99 Å². The third-order valence-corrected chi connectivity index (χ3v) is 5.79. The van der Waals surface area contributed by atoms with E-state index in [9.17, 15) is 9.59 Å². The van der Waals surface area contributed by atoms with Gasteiger partial charge < -0.3 is 10.2 Å². The van der Waals surface area contributed by atoms with Gasteiger partial charge in [-0.15, -0.1) is 0 Å². The van der Waals surface area contributed by atoms with Crippen LogP contribution in [0.2, 0.25) is 0 Å². The SMILES string of the molecule is CCCCN(CCCC)c1ccc(N=C2C=C(C(=O)NC)C(=O)c3ccccc32)c(C)c1. The summed E-state index contributed by atoms with van der Waals surface area (Å²) in [6.45, 7) is 8.60. The lowest BCUT2D eigenvalue weighted by Gasteiger charge is -2.25. The maximum Gasteiger partial charge on any atom is 0.255 e. The van der Waals surface area contributed by atoms with Crippen molar-refractivity contribution in [2.45, 2.75) is 46.5 Å². The number of unbranched alkanes of at least 4 members (excludes halogenated alkanes) is 2. The van der Waals surface area contributed by atoms with E-state index in [0.29, 0.717) is 11.3 Å². The number of amides is 1. The number of hydrogen-bond acceptors (Lipinski definition) is 4. The summed E-state index contributed by atoms with van der Waals surface area (Å²) in [5.41, 5.74) is 5.12. The lowest BCUT2D eigenvalue weighted by atomic mass is 9.88. The van der Waals surface area contributed by atoms with Crippen LogP contribution in [0, 0.1) is 6.92 Å². The molecule has 0 bridgehead atoms. The van der Waals surface area contributed by atoms with Crippen LogP contribution in [-0.4, -0.2) is 37.5 Å². The lowest BCUT2D eigenvalue weighted by Crippen LogP contribution is -2.29. The minimum absolute atomic E-state index is 0.115. The Bertz CT molecular complexity index is 1040. The van der Waals surface area contributed by atoms with E-state index < -0.39 is 5.91 Å². The number of carbonyl (C=O) groups excluding carboxylic acids is 2. The first kappa shape index (κ1) is 23.5. The van der Waals surface area contributed by atoms with E-state index in [1.165, 1.54) is 38.4 Å². The van der Waals surface area contributed by atoms with Crippen molar-refractivity contribution in [3.05, 3.63) is 70.8 Å². The van der Waals surface area contributed by atoms with Gasteiger partial charge in [-0.1, -0.05) is 51.0 Å². The molecule has 0 aliphatic heterocycles. The largest absolute Gasteiger partial charge is 0.372 e. The van der Waals surface area contributed by atoms with Gasteiger partial charge in [0, 0.05) is 37.0 Å². The number of ketones is 1. The minimum Gasteiger partial charge on any atom is -0.372 e. The van der Waals surface area contributed by atoms with Gasteiger partial charge in [-0.05, 0) is 49.6 Å². The fraction of sp³-hybridized carbons (Fsp3) is 0.370. The molecule has 0 fully saturated rings. The highest BCUT2D eigenvalue weighted by molar-refractivity contribution is 6.35. The minimum atomic E-state index is -0.397. The molecular formula is C27H33N3O2. The number of likely N-dealkylation sites (N-methyl/N-ethyl adjacent to an activating group) is 1. The highest BCUT2D eigenvalue weighted by Crippen LogP contribution is 2.29. The second kappa shape index (κ2) is 10.9. The Kier molecular flexibility index (Phi) is 7.98. The van der Waals surface area contributed by atoms with Crippen molar-refractivity contribution in [1.29, 1.82) is 0 Å². The summed E-state index contributed by atoms with van der Waals surface area (Å²) in [6, 6.07) is 13.7. The number of benzene rings is 2. The molecule has 0 atom stereocenters. The van der Waals surface area contributed by atoms with Gasteiger partial charge in [-0.25, -0.2) is 4.99 Å². The Hall–Kier alpha value is -3.21. The van der Waals surface area contributed by atoms with Crippen molar-refractivity contribution in [2.75, 3.05) is 25.0 Å². The summed E-state index contributed by atoms with van der Waals surface area (Å²) in [5.74, 6) is -0.666. The highest BCUT2D eigenvalue weighted by Gasteiger charge is 2.28. The zero-order chi connectivity index (χ0) is 23.1. The van der Waals surface area contributed by atoms with E-state index in [0.717, 1.165) is 29.9 Å². The molecule has 1 amide bonds. The van der Waals surface area contributed by atoms with E-state index in [1.54, 1.807) is 12.1 Å². The number of nitrogens with one attached hydrogen (secondary N) is 1. The molecule has 32 heavy (non-hydrogen) atoms. The number of Topliss-reactive ketones (excluding diaryl/α,β-unsaturated/α-hetero) is 1. The Labute approximate surface area is 191 Å². The molecule has 0 unspecified atom stereocenters. The number of hydrogen-bond donors (Lipinski definition) is 1. The second-order valence-corrected chi connectivity index (χ2v) is 8.17. The van der Waals surface area contributed by atoms with Crippen LogP contribution >= 0.6 is 0 Å². The number of fused-ring (bicyclic) bond motifs is 1. The summed E-state index contributed by atoms with van der Waals surface area (Å²) in [5, 5.41) is 2.56. The first-order chi connectivity index (χ1) is 15.5. The molecule has 1 N–H and O–H groups in total. The summed E-state index contributed by atoms with van der Waals surface area (Å²) in [7, 11) is 1.53. The summed E-state index contributed by atoms with van der Waals surface area (Å²) in [4.78, 5) is 32.4. The van der Waals surface area contributed by atoms with Crippen molar-refractivity contribution >= 4 is 28.8 Å². The molecule has 5 heteroatoms. The van der Waals surface area contributed by atoms with Crippen molar-refractivity contribution in [1.82, 2.24) is 5.32 Å². The molecule has 0 spiro atoms. The van der Waals surface area contributed by atoms with Gasteiger partial charge in [0.15, 0.2) is 5.78 Å². The van der Waals surface area contributed by atoms with Gasteiger partial charge in [0.05, 0.1) is 17.0 Å². The summed E-state index contributed by atoms with van der Waals surface area (Å²) < 4.78 is 0. The monoisotopic (exact) mass is 431 g/mol. The van der Waals surface area contributed by atoms with E-state index in [-0.39, 0.29) is 11.4 Å². The second-order valence-electron chi connectivity index (χ2n) is 8.17. The summed E-state index contributed by atoms with van der Waals surface area (Å²) >= 11 is 0. The number of carbonyl (C=O) groups is 2. The van der Waals surface area contributed by atoms with E-state index in [1.807, 2.05) is 24.3 Å². The Balaban J connectivity index is 2.00. The zero-order valence-corrected chi connectivity index (χ0v) is 19.6. The first-order valence-electron chi connectivity index (χ1n) is 11.5. The van der Waals surface area contributed by atoms with Crippen molar-refractivity contribution < 1.29 is 9.59 Å². The third kappa shape index (κ3) is 5.16. The molecule has 1 aliphatic carbocycles. The van der Waals surface area contributed by atoms with E-state index >= 15 is 0 Å². The summed E-state index contributed by atoms with van der Waals surface area (Å²) in [6.07, 6.45) is 6.29. The molecule has 0 saturated heterocycles. The number of rotatable bonds is 9. The molecule has 3 rings (SSSR count). The van der Waals surface area contributed by atoms with Crippen LogP contribution in [0.3, 0.4) is 0 Å². The molecule has 1 aliphatic rings. The van der Waals surface area contributed by atoms with Gasteiger partial charge in [0.25, 0.3) is 5.91 Å². The maximum atomic E-state index is 12.8. The fourth-order valence-corrected chi connectivity index (χ4v) is 3.88. The van der Waals surface area contributed by atoms with Crippen LogP contribution in [0.15, 0.2) is 59.1 Å². The van der Waals surface area contributed by atoms with Crippen LogP contribution in [0.25, 0.3) is 0 Å². The first-order valence-corrected chi connectivity index (χ1v) is 11.5. The van der Waals surface area contributed by atoms with Crippen LogP contribution in [0.1, 0.15) is 61.0 Å². The molecule has 168 valence electrons. The van der Waals surface area contributed by atoms with Gasteiger partial charge in [0.1, 0.15) is 0 Å². The predicted molar refractivity (Wildman–Crippen MR) is 132 cm³/mol. The number of aryl methyl sites for hydroxylation is 1. The average Bonchev–Trinajstić information content (AvgIpc) is 2.81. The van der Waals surface area contributed by atoms with Gasteiger partial charge >= 0.3 is 0 Å². The van der Waals surface area contributed by atoms with Gasteiger partial charge in [-0.2, -0.15) is 0 Å². The number of allylic oxidation sites excluding steroid dienone is 1. The number of anilines is 1. The van der Waals surface area contributed by atoms with Crippen LogP contribution in [-0.2, 0) is 4.79 Å². The van der Waals surface area contributed by atoms with Gasteiger partial charge in [-0.3, -0.25) is 9.59 Å². The Morgan fingerprint density at radius 2 is 1.66 bits per heavy atom. The number of nitrogens with zero attached hydrogens (tertiary/aromatic N) is 2. The highest BCUT2D eigenvalue weighted by atomic mass is 16.2. The zero-order valence-electron chi connectivity index (χ0n) is 19.6. The van der Waals surface area contributed by atoms with Crippen LogP contribution < -0.4 is 10.2 Å². The normalized spacial score (nSPS) is 14.2. The molecule has 2 aromatic carbocycles. The van der Waals surface area contributed by atoms with Crippen molar-refractivity contribution in [3.8, 4) is 0 Å². The maximum absolute atomic E-state index is 12.8. The predicted octanol–water partition coefficient (Wildman–Crippen LogP) is 5.39. The van der Waals surface area contributed by atoms with Crippen LogP contribution in [0.4, 0.5) is 11.4 Å². The number of aliphatic imine (C=N–C) groups is 1. The molecule has 0 heterocycles. The van der Waals surface area contributed by atoms with Crippen molar-refractivity contribution in [3.63, 3.8) is 0 Å². The molecule has 0 saturated carbocycles. The fourth-order valence-electron chi connectivity index (χ4n) is 3.88. The third-order valence-electron chi connectivity index (χ3n) is 5.79. The lowest BCUT2D eigenvalue weighted by molar-refractivity contribution is -0.116. The molecule has 0 radical (unpaired) electrons. The molecule has 0 aromatic heterocycles. The van der Waals surface area contributed by atoms with E-state index in [2.05, 4.69) is 43.1 Å². The van der Waals surface area contributed by atoms with Gasteiger partial charge in [0.2, 0.25) is 0 Å². The molecular weight excluding hydrogens is 398 g/mol.